The van der Waals surface area contributed by atoms with Gasteiger partial charge in [0.2, 0.25) is 5.88 Å². The maximum Gasteiger partial charge on any atom is 0.345 e. The van der Waals surface area contributed by atoms with Crippen LogP contribution in [0.4, 0.5) is 0 Å². The molecule has 0 aromatic heterocycles. The van der Waals surface area contributed by atoms with Crippen LogP contribution < -0.4 is 15.9 Å². The number of hydrogen-bond acceptors (Lipinski definition) is 5. The maximum absolute atomic E-state index is 13.2. The van der Waals surface area contributed by atoms with E-state index in [-0.39, 0.29) is 23.6 Å². The first-order valence-electron chi connectivity index (χ1n) is 11.9. The Morgan fingerprint density at radius 1 is 0.944 bits per heavy atom. The predicted molar refractivity (Wildman–Crippen MR) is 145 cm³/mol. The molecule has 182 valence electrons. The Bertz CT molecular complexity index is 1280. The molecule has 0 radical (unpaired) electrons. The van der Waals surface area contributed by atoms with Gasteiger partial charge in [-0.25, -0.2) is 9.54 Å². The van der Waals surface area contributed by atoms with Crippen LogP contribution in [0.2, 0.25) is 0 Å². The van der Waals surface area contributed by atoms with Crippen LogP contribution in [0.25, 0.3) is 0 Å². The smallest absolute Gasteiger partial charge is 0.345 e. The van der Waals surface area contributed by atoms with Gasteiger partial charge in [-0.15, -0.1) is 0 Å². The summed E-state index contributed by atoms with van der Waals surface area (Å²) in [5, 5.41) is 13.0. The van der Waals surface area contributed by atoms with Gasteiger partial charge < -0.3 is 9.47 Å². The number of ether oxygens (including phenoxy) is 2. The predicted octanol–water partition coefficient (Wildman–Crippen LogP) is 5.59. The Labute approximate surface area is 212 Å². The quantitative estimate of drug-likeness (QED) is 0.330. The van der Waals surface area contributed by atoms with E-state index in [4.69, 9.17) is 14.2 Å². The van der Waals surface area contributed by atoms with Crippen molar-refractivity contribution in [2.45, 2.75) is 32.8 Å². The molecule has 0 N–H and O–H groups in total. The molecule has 0 unspecified atom stereocenters. The molecule has 0 saturated carbocycles. The van der Waals surface area contributed by atoms with Crippen LogP contribution in [0.3, 0.4) is 0 Å². The van der Waals surface area contributed by atoms with Crippen molar-refractivity contribution in [3.05, 3.63) is 114 Å². The summed E-state index contributed by atoms with van der Waals surface area (Å²) in [5.74, 6) is -0.484. The second-order valence-corrected chi connectivity index (χ2v) is 12.0. The zero-order valence-electron chi connectivity index (χ0n) is 20.7. The molecule has 0 fully saturated rings. The molecule has 0 spiro atoms. The van der Waals surface area contributed by atoms with Crippen LogP contribution in [0.1, 0.15) is 27.2 Å². The summed E-state index contributed by atoms with van der Waals surface area (Å²) in [6.07, 6.45) is 2.19. The summed E-state index contributed by atoms with van der Waals surface area (Å²) >= 11 is 0. The van der Waals surface area contributed by atoms with Crippen molar-refractivity contribution < 1.29 is 14.3 Å². The largest absolute Gasteiger partial charge is 0.471 e. The summed E-state index contributed by atoms with van der Waals surface area (Å²) < 4.78 is 17.2. The summed E-state index contributed by atoms with van der Waals surface area (Å²) in [6.45, 7) is 5.77. The van der Waals surface area contributed by atoms with Crippen LogP contribution in [0.15, 0.2) is 119 Å². The van der Waals surface area contributed by atoms with Crippen LogP contribution >= 0.6 is 7.05 Å². The van der Waals surface area contributed by atoms with Gasteiger partial charge >= 0.3 is 5.97 Å². The average molecular weight is 497 g/mol. The molecule has 36 heavy (non-hydrogen) atoms. The maximum atomic E-state index is 13.2. The molecule has 6 heteroatoms. The number of esters is 1. The fourth-order valence-electron chi connectivity index (χ4n) is 4.18. The minimum absolute atomic E-state index is 0.0668. The Kier molecular flexibility index (Phi) is 7.58. The summed E-state index contributed by atoms with van der Waals surface area (Å²) in [6, 6.07) is 32.4. The molecule has 0 atom stereocenters. The molecule has 1 aliphatic heterocycles. The molecule has 1 aliphatic rings. The van der Waals surface area contributed by atoms with Crippen molar-refractivity contribution in [1.29, 1.82) is 5.26 Å². The Morgan fingerprint density at radius 3 is 1.83 bits per heavy atom. The monoisotopic (exact) mass is 496 g/mol. The number of benzene rings is 3. The highest BCUT2D eigenvalue weighted by atomic mass is 31.2. The van der Waals surface area contributed by atoms with E-state index in [1.165, 1.54) is 0 Å². The lowest BCUT2D eigenvalue weighted by Crippen LogP contribution is -2.27. The van der Waals surface area contributed by atoms with Gasteiger partial charge in [0, 0.05) is 22.3 Å². The highest BCUT2D eigenvalue weighted by molar-refractivity contribution is 7.87. The first-order valence-corrected chi connectivity index (χ1v) is 13.7. The van der Waals surface area contributed by atoms with Gasteiger partial charge in [0.1, 0.15) is 11.2 Å². The Balaban J connectivity index is 2.20. The van der Waals surface area contributed by atoms with Crippen LogP contribution in [-0.4, -0.2) is 18.2 Å². The van der Waals surface area contributed by atoms with Gasteiger partial charge in [-0.2, -0.15) is 5.26 Å². The molecule has 4 rings (SSSR count). The van der Waals surface area contributed by atoms with Gasteiger partial charge in [0.15, 0.2) is 0 Å². The lowest BCUT2D eigenvalue weighted by atomic mass is 10.0. The van der Waals surface area contributed by atoms with Crippen molar-refractivity contribution in [2.24, 2.45) is 4.74 Å². The van der Waals surface area contributed by atoms with E-state index in [1.807, 2.05) is 68.4 Å². The third-order valence-corrected chi connectivity index (χ3v) is 9.50. The molecule has 0 amide bonds. The van der Waals surface area contributed by atoms with E-state index in [9.17, 15) is 10.1 Å². The molecule has 0 bridgehead atoms. The number of carbonyl (C=O) groups is 1. The molecule has 3 aromatic rings. The van der Waals surface area contributed by atoms with E-state index in [1.54, 1.807) is 13.0 Å². The number of nitriles is 1. The first kappa shape index (κ1) is 25.2. The summed E-state index contributed by atoms with van der Waals surface area (Å²) in [7, 11) is -2.73. The van der Waals surface area contributed by atoms with Gasteiger partial charge in [-0.3, -0.25) is 0 Å². The lowest BCUT2D eigenvalue weighted by molar-refractivity contribution is -0.138. The molecule has 0 saturated heterocycles. The van der Waals surface area contributed by atoms with Crippen molar-refractivity contribution in [2.75, 3.05) is 6.61 Å². The molecular weight excluding hydrogens is 467 g/mol. The van der Waals surface area contributed by atoms with Crippen LogP contribution in [-0.2, 0) is 14.3 Å². The third-order valence-electron chi connectivity index (χ3n) is 5.88. The number of rotatable bonds is 6. The van der Waals surface area contributed by atoms with E-state index >= 15 is 0 Å². The van der Waals surface area contributed by atoms with Crippen molar-refractivity contribution >= 4 is 28.9 Å². The summed E-state index contributed by atoms with van der Waals surface area (Å²) in [5.41, 5.74) is -0.406. The van der Waals surface area contributed by atoms with E-state index < -0.39 is 18.6 Å². The Hall–Kier alpha value is -3.87. The van der Waals surface area contributed by atoms with E-state index in [0.29, 0.717) is 6.42 Å². The molecule has 5 nitrogen and oxygen atoms in total. The second-order valence-electron chi connectivity index (χ2n) is 8.94. The summed E-state index contributed by atoms with van der Waals surface area (Å²) in [4.78, 5) is 13.2. The highest BCUT2D eigenvalue weighted by Crippen LogP contribution is 2.49. The van der Waals surface area contributed by atoms with Crippen LogP contribution in [0, 0.1) is 11.3 Å². The van der Waals surface area contributed by atoms with Crippen molar-refractivity contribution in [1.82, 2.24) is 0 Å². The Morgan fingerprint density at radius 2 is 1.42 bits per heavy atom. The minimum atomic E-state index is -2.73. The molecule has 3 aromatic carbocycles. The van der Waals surface area contributed by atoms with E-state index in [0.717, 1.165) is 15.9 Å². The first-order chi connectivity index (χ1) is 17.4. The minimum Gasteiger partial charge on any atom is -0.471 e. The zero-order chi connectivity index (χ0) is 25.6. The third kappa shape index (κ3) is 5.05. The van der Waals surface area contributed by atoms with Gasteiger partial charge in [-0.05, 0) is 20.8 Å². The van der Waals surface area contributed by atoms with Gasteiger partial charge in [0.05, 0.1) is 25.3 Å². The van der Waals surface area contributed by atoms with Crippen LogP contribution in [0.5, 0.6) is 0 Å². The average Bonchev–Trinajstić information content (AvgIpc) is 3.03. The fraction of sp³-hybridized carbons (Fsp3) is 0.200. The van der Waals surface area contributed by atoms with Crippen molar-refractivity contribution in [3.63, 3.8) is 0 Å². The van der Waals surface area contributed by atoms with E-state index in [2.05, 4.69) is 42.5 Å². The standard InChI is InChI=1S/C30H29N2O3P/c1-4-34-29(33)27-23(22-31)20-21-30(2,3)35-28(27)32-36(24-14-8-5-9-15-24,25-16-10-6-11-17-25)26-18-12-7-13-19-26/h5-20H,4,21H2,1-3H3. The lowest BCUT2D eigenvalue weighted by Gasteiger charge is -2.30. The fourth-order valence-corrected chi connectivity index (χ4v) is 7.64. The second kappa shape index (κ2) is 10.8. The number of carbonyl (C=O) groups excluding carboxylic acids is 1. The zero-order valence-corrected chi connectivity index (χ0v) is 21.6. The molecule has 0 aliphatic carbocycles. The topological polar surface area (TPSA) is 71.7 Å². The number of hydrogen-bond donors (Lipinski definition) is 0. The molecular formula is C30H29N2O3P. The van der Waals surface area contributed by atoms with Gasteiger partial charge in [0.25, 0.3) is 0 Å². The number of nitrogens with zero attached hydrogens (tertiary/aromatic N) is 2. The van der Waals surface area contributed by atoms with Crippen molar-refractivity contribution in [3.8, 4) is 6.07 Å². The highest BCUT2D eigenvalue weighted by Gasteiger charge is 2.35. The SMILES string of the molecule is CCOC(=O)C1=C(N=P(c2ccccc2)(c2ccccc2)c2ccccc2)OC(C)(C)CC=C1C#N. The molecule has 1 heterocycles. The normalized spacial score (nSPS) is 15.1. The van der Waals surface area contributed by atoms with Gasteiger partial charge in [-0.1, -0.05) is 97.1 Å².